The first kappa shape index (κ1) is 14.5. The van der Waals surface area contributed by atoms with E-state index in [4.69, 9.17) is 0 Å². The largest absolute Gasteiger partial charge is 0.337 e. The minimum absolute atomic E-state index is 0.0864. The van der Waals surface area contributed by atoms with Gasteiger partial charge in [-0.1, -0.05) is 34.6 Å². The Kier molecular flexibility index (Phi) is 3.95. The molecule has 1 aliphatic rings. The third kappa shape index (κ3) is 3.23. The number of rotatable bonds is 4. The molecule has 1 aliphatic carbocycles. The summed E-state index contributed by atoms with van der Waals surface area (Å²) in [5.74, 6) is 1.14. The normalized spacial score (nSPS) is 17.4. The van der Waals surface area contributed by atoms with Crippen molar-refractivity contribution in [2.45, 2.75) is 66.8 Å². The van der Waals surface area contributed by atoms with E-state index in [9.17, 15) is 4.79 Å². The molecule has 0 aromatic heterocycles. The topological polar surface area (TPSA) is 20.3 Å². The quantitative estimate of drug-likeness (QED) is 0.732. The van der Waals surface area contributed by atoms with Gasteiger partial charge >= 0.3 is 0 Å². The van der Waals surface area contributed by atoms with Gasteiger partial charge < -0.3 is 4.90 Å². The smallest absolute Gasteiger partial charge is 0.225 e. The highest BCUT2D eigenvalue weighted by Gasteiger charge is 2.43. The van der Waals surface area contributed by atoms with Crippen LogP contribution in [-0.2, 0) is 4.79 Å². The van der Waals surface area contributed by atoms with Crippen molar-refractivity contribution in [1.29, 1.82) is 0 Å². The fraction of sp³-hybridized carbons (Fsp3) is 0.933. The summed E-state index contributed by atoms with van der Waals surface area (Å²) in [6.45, 7) is 16.0. The second-order valence-electron chi connectivity index (χ2n) is 7.36. The van der Waals surface area contributed by atoms with E-state index in [1.807, 2.05) is 13.8 Å². The van der Waals surface area contributed by atoms with E-state index in [2.05, 4.69) is 39.5 Å². The van der Waals surface area contributed by atoms with Gasteiger partial charge in [0.2, 0.25) is 5.91 Å². The van der Waals surface area contributed by atoms with Crippen LogP contribution < -0.4 is 0 Å². The molecule has 0 unspecified atom stereocenters. The van der Waals surface area contributed by atoms with Gasteiger partial charge in [-0.25, -0.2) is 0 Å². The van der Waals surface area contributed by atoms with Crippen LogP contribution in [0.5, 0.6) is 0 Å². The van der Waals surface area contributed by atoms with Crippen LogP contribution in [-0.4, -0.2) is 22.9 Å². The number of hydrogen-bond donors (Lipinski definition) is 0. The summed E-state index contributed by atoms with van der Waals surface area (Å²) >= 11 is 0. The molecule has 0 N–H and O–H groups in total. The first-order valence-corrected chi connectivity index (χ1v) is 6.89. The van der Waals surface area contributed by atoms with Gasteiger partial charge in [-0.2, -0.15) is 0 Å². The third-order valence-corrected chi connectivity index (χ3v) is 4.41. The molecule has 2 heteroatoms. The van der Waals surface area contributed by atoms with Crippen molar-refractivity contribution < 1.29 is 4.79 Å². The Morgan fingerprint density at radius 1 is 1.18 bits per heavy atom. The molecule has 0 aromatic carbocycles. The van der Waals surface area contributed by atoms with E-state index in [-0.39, 0.29) is 16.9 Å². The molecule has 1 rings (SSSR count). The maximum atomic E-state index is 12.4. The average molecular weight is 239 g/mol. The van der Waals surface area contributed by atoms with Gasteiger partial charge in [-0.05, 0) is 38.0 Å². The first-order valence-electron chi connectivity index (χ1n) is 6.89. The molecule has 0 bridgehead atoms. The molecule has 0 saturated heterocycles. The highest BCUT2D eigenvalue weighted by atomic mass is 16.2. The third-order valence-electron chi connectivity index (χ3n) is 4.41. The standard InChI is InChI=1S/C15H29NO/c1-11(2)13(17)16(10-12-8-9-12)15(6,7)14(3,4)5/h11-12H,8-10H2,1-7H3. The van der Waals surface area contributed by atoms with E-state index in [0.717, 1.165) is 12.5 Å². The van der Waals surface area contributed by atoms with E-state index in [0.29, 0.717) is 5.91 Å². The van der Waals surface area contributed by atoms with Crippen LogP contribution in [0.4, 0.5) is 0 Å². The van der Waals surface area contributed by atoms with Crippen molar-refractivity contribution in [2.24, 2.45) is 17.3 Å². The minimum Gasteiger partial charge on any atom is -0.337 e. The van der Waals surface area contributed by atoms with E-state index < -0.39 is 0 Å². The predicted molar refractivity (Wildman–Crippen MR) is 72.8 cm³/mol. The van der Waals surface area contributed by atoms with Crippen LogP contribution >= 0.6 is 0 Å². The molecule has 0 atom stereocenters. The molecule has 0 spiro atoms. The number of amides is 1. The molecular weight excluding hydrogens is 210 g/mol. The van der Waals surface area contributed by atoms with E-state index in [1.165, 1.54) is 12.8 Å². The van der Waals surface area contributed by atoms with Crippen LogP contribution in [0.2, 0.25) is 0 Å². The fourth-order valence-electron chi connectivity index (χ4n) is 1.87. The average Bonchev–Trinajstić information content (AvgIpc) is 2.94. The Balaban J connectivity index is 2.91. The Bertz CT molecular complexity index is 282. The molecule has 0 radical (unpaired) electrons. The van der Waals surface area contributed by atoms with Crippen LogP contribution in [0.3, 0.4) is 0 Å². The van der Waals surface area contributed by atoms with Crippen molar-refractivity contribution in [3.8, 4) is 0 Å². The first-order chi connectivity index (χ1) is 7.57. The van der Waals surface area contributed by atoms with Crippen LogP contribution in [0, 0.1) is 17.3 Å². The lowest BCUT2D eigenvalue weighted by Crippen LogP contribution is -2.57. The maximum absolute atomic E-state index is 12.4. The zero-order valence-corrected chi connectivity index (χ0v) is 12.6. The second-order valence-corrected chi connectivity index (χ2v) is 7.36. The molecule has 0 aliphatic heterocycles. The van der Waals surface area contributed by atoms with E-state index >= 15 is 0 Å². The van der Waals surface area contributed by atoms with Crippen molar-refractivity contribution in [3.63, 3.8) is 0 Å². The molecule has 0 aromatic rings. The lowest BCUT2D eigenvalue weighted by molar-refractivity contribution is -0.144. The Morgan fingerprint density at radius 3 is 1.94 bits per heavy atom. The predicted octanol–water partition coefficient (Wildman–Crippen LogP) is 3.71. The maximum Gasteiger partial charge on any atom is 0.225 e. The molecule has 100 valence electrons. The van der Waals surface area contributed by atoms with Gasteiger partial charge in [0, 0.05) is 18.0 Å². The Labute approximate surface area is 107 Å². The SMILES string of the molecule is CC(C)C(=O)N(CC1CC1)C(C)(C)C(C)(C)C. The van der Waals surface area contributed by atoms with E-state index in [1.54, 1.807) is 0 Å². The Hall–Kier alpha value is -0.530. The van der Waals surface area contributed by atoms with Gasteiger partial charge in [0.25, 0.3) is 0 Å². The van der Waals surface area contributed by atoms with Gasteiger partial charge in [-0.15, -0.1) is 0 Å². The molecule has 1 amide bonds. The number of carbonyl (C=O) groups excluding carboxylic acids is 1. The number of carbonyl (C=O) groups is 1. The summed E-state index contributed by atoms with van der Waals surface area (Å²) in [5, 5.41) is 0. The summed E-state index contributed by atoms with van der Waals surface area (Å²) in [6.07, 6.45) is 2.59. The van der Waals surface area contributed by atoms with Gasteiger partial charge in [0.05, 0.1) is 0 Å². The minimum atomic E-state index is -0.0864. The lowest BCUT2D eigenvalue weighted by Gasteiger charge is -2.48. The van der Waals surface area contributed by atoms with Crippen molar-refractivity contribution >= 4 is 5.91 Å². The van der Waals surface area contributed by atoms with Crippen molar-refractivity contribution in [3.05, 3.63) is 0 Å². The second kappa shape index (κ2) is 4.62. The summed E-state index contributed by atoms with van der Waals surface area (Å²) in [7, 11) is 0. The molecule has 1 fully saturated rings. The van der Waals surface area contributed by atoms with Gasteiger partial charge in [0.1, 0.15) is 0 Å². The zero-order chi connectivity index (χ0) is 13.4. The summed E-state index contributed by atoms with van der Waals surface area (Å²) < 4.78 is 0. The fourth-order valence-corrected chi connectivity index (χ4v) is 1.87. The lowest BCUT2D eigenvalue weighted by atomic mass is 9.74. The molecular formula is C15H29NO. The molecule has 0 heterocycles. The van der Waals surface area contributed by atoms with Crippen LogP contribution in [0.15, 0.2) is 0 Å². The van der Waals surface area contributed by atoms with Crippen molar-refractivity contribution in [2.75, 3.05) is 6.54 Å². The highest BCUT2D eigenvalue weighted by molar-refractivity contribution is 5.79. The summed E-state index contributed by atoms with van der Waals surface area (Å²) in [4.78, 5) is 14.6. The zero-order valence-electron chi connectivity index (χ0n) is 12.6. The summed E-state index contributed by atoms with van der Waals surface area (Å²) in [6, 6.07) is 0. The molecule has 1 saturated carbocycles. The number of hydrogen-bond acceptors (Lipinski definition) is 1. The summed E-state index contributed by atoms with van der Waals surface area (Å²) in [5.41, 5.74) is 0.0172. The van der Waals surface area contributed by atoms with Gasteiger partial charge in [0.15, 0.2) is 0 Å². The van der Waals surface area contributed by atoms with Crippen LogP contribution in [0.1, 0.15) is 61.3 Å². The monoisotopic (exact) mass is 239 g/mol. The van der Waals surface area contributed by atoms with Gasteiger partial charge in [-0.3, -0.25) is 4.79 Å². The van der Waals surface area contributed by atoms with Crippen LogP contribution in [0.25, 0.3) is 0 Å². The highest BCUT2D eigenvalue weighted by Crippen LogP contribution is 2.39. The molecule has 2 nitrogen and oxygen atoms in total. The van der Waals surface area contributed by atoms with Crippen molar-refractivity contribution in [1.82, 2.24) is 4.90 Å². The Morgan fingerprint density at radius 2 is 1.65 bits per heavy atom. The number of nitrogens with zero attached hydrogens (tertiary/aromatic N) is 1. The molecule has 17 heavy (non-hydrogen) atoms.